The second-order valence-corrected chi connectivity index (χ2v) is 7.17. The van der Waals surface area contributed by atoms with Crippen LogP contribution in [0.1, 0.15) is 44.1 Å². The van der Waals surface area contributed by atoms with E-state index in [9.17, 15) is 22.8 Å². The van der Waals surface area contributed by atoms with Crippen LogP contribution < -0.4 is 5.32 Å². The number of benzene rings is 1. The second-order valence-electron chi connectivity index (χ2n) is 7.17. The minimum absolute atomic E-state index is 0.0735. The molecule has 1 aromatic rings. The summed E-state index contributed by atoms with van der Waals surface area (Å²) in [6.45, 7) is 0.912. The van der Waals surface area contributed by atoms with Crippen molar-refractivity contribution in [3.05, 3.63) is 41.5 Å². The van der Waals surface area contributed by atoms with Gasteiger partial charge in [-0.05, 0) is 50.3 Å². The molecule has 4 nitrogen and oxygen atoms in total. The Morgan fingerprint density at radius 1 is 1.26 bits per heavy atom. The summed E-state index contributed by atoms with van der Waals surface area (Å²) in [7, 11) is 0. The molecule has 1 fully saturated rings. The molecule has 1 unspecified atom stereocenters. The topological polar surface area (TPSA) is 49.4 Å². The fourth-order valence-corrected chi connectivity index (χ4v) is 3.59. The summed E-state index contributed by atoms with van der Waals surface area (Å²) in [5.41, 5.74) is 0.643. The minimum Gasteiger partial charge on any atom is -0.342 e. The van der Waals surface area contributed by atoms with E-state index in [1.807, 2.05) is 0 Å². The molecule has 0 aromatic heterocycles. The van der Waals surface area contributed by atoms with Crippen LogP contribution in [0.4, 0.5) is 18.9 Å². The Morgan fingerprint density at radius 3 is 2.78 bits per heavy atom. The van der Waals surface area contributed by atoms with Crippen LogP contribution in [0.2, 0.25) is 0 Å². The van der Waals surface area contributed by atoms with Gasteiger partial charge >= 0.3 is 6.18 Å². The maximum atomic E-state index is 12.8. The van der Waals surface area contributed by atoms with Gasteiger partial charge in [0, 0.05) is 25.2 Å². The minimum atomic E-state index is -4.46. The zero-order valence-corrected chi connectivity index (χ0v) is 15.0. The smallest absolute Gasteiger partial charge is 0.342 e. The van der Waals surface area contributed by atoms with Crippen molar-refractivity contribution < 1.29 is 22.8 Å². The number of likely N-dealkylation sites (tertiary alicyclic amines) is 1. The number of hydrogen-bond donors (Lipinski definition) is 1. The molecule has 1 heterocycles. The number of hydrogen-bond acceptors (Lipinski definition) is 2. The van der Waals surface area contributed by atoms with Gasteiger partial charge in [0.25, 0.3) is 0 Å². The van der Waals surface area contributed by atoms with Crippen LogP contribution in [0.5, 0.6) is 0 Å². The maximum Gasteiger partial charge on any atom is 0.416 e. The van der Waals surface area contributed by atoms with Crippen LogP contribution in [-0.2, 0) is 15.8 Å². The molecule has 0 saturated carbocycles. The highest BCUT2D eigenvalue weighted by Crippen LogP contribution is 2.31. The van der Waals surface area contributed by atoms with Crippen molar-refractivity contribution in [1.29, 1.82) is 0 Å². The quantitative estimate of drug-likeness (QED) is 0.771. The van der Waals surface area contributed by atoms with Gasteiger partial charge in [-0.2, -0.15) is 13.2 Å². The Balaban J connectivity index is 1.55. The summed E-state index contributed by atoms with van der Waals surface area (Å²) in [5.74, 6) is -1.02. The van der Waals surface area contributed by atoms with E-state index in [0.717, 1.165) is 31.4 Å². The largest absolute Gasteiger partial charge is 0.416 e. The summed E-state index contributed by atoms with van der Waals surface area (Å²) in [6.07, 6.45) is 3.26. The zero-order valence-electron chi connectivity index (χ0n) is 15.0. The Labute approximate surface area is 156 Å². The van der Waals surface area contributed by atoms with Gasteiger partial charge in [-0.3, -0.25) is 9.59 Å². The molecular weight excluding hydrogens is 357 g/mol. The predicted molar refractivity (Wildman–Crippen MR) is 95.9 cm³/mol. The molecule has 1 aliphatic heterocycles. The van der Waals surface area contributed by atoms with Crippen LogP contribution in [0, 0.1) is 5.92 Å². The van der Waals surface area contributed by atoms with Gasteiger partial charge in [-0.15, -0.1) is 0 Å². The summed E-state index contributed by atoms with van der Waals surface area (Å²) < 4.78 is 38.3. The van der Waals surface area contributed by atoms with Crippen LogP contribution >= 0.6 is 0 Å². The number of halogens is 3. The van der Waals surface area contributed by atoms with Crippen molar-refractivity contribution in [1.82, 2.24) is 4.90 Å². The van der Waals surface area contributed by atoms with Gasteiger partial charge in [-0.1, -0.05) is 17.7 Å². The molecule has 27 heavy (non-hydrogen) atoms. The first kappa shape index (κ1) is 19.5. The van der Waals surface area contributed by atoms with E-state index >= 15 is 0 Å². The number of allylic oxidation sites excluding steroid dienone is 1. The van der Waals surface area contributed by atoms with Gasteiger partial charge in [0.2, 0.25) is 11.8 Å². The van der Waals surface area contributed by atoms with Crippen molar-refractivity contribution in [2.45, 2.75) is 44.7 Å². The van der Waals surface area contributed by atoms with E-state index in [1.165, 1.54) is 30.5 Å². The first-order chi connectivity index (χ1) is 12.8. The number of nitrogens with zero attached hydrogens (tertiary/aromatic N) is 1. The standard InChI is InChI=1S/C20H23F3N2O2/c21-20(22,23)16-7-4-8-17(12-16)24-19(27)15-11-18(26)25(13-15)10-9-14-5-2-1-3-6-14/h4-5,7-8,12,15H,1-3,6,9-11,13H2,(H,24,27). The van der Waals surface area contributed by atoms with E-state index < -0.39 is 23.6 Å². The first-order valence-electron chi connectivity index (χ1n) is 9.27. The Hall–Kier alpha value is -2.31. The second kappa shape index (κ2) is 8.15. The fraction of sp³-hybridized carbons (Fsp3) is 0.500. The lowest BCUT2D eigenvalue weighted by Crippen LogP contribution is -2.29. The van der Waals surface area contributed by atoms with Crippen LogP contribution in [0.25, 0.3) is 0 Å². The molecule has 1 saturated heterocycles. The third kappa shape index (κ3) is 5.11. The Morgan fingerprint density at radius 2 is 2.07 bits per heavy atom. The number of anilines is 1. The third-order valence-corrected chi connectivity index (χ3v) is 5.13. The maximum absolute atomic E-state index is 12.8. The van der Waals surface area contributed by atoms with Gasteiger partial charge in [0.05, 0.1) is 11.5 Å². The zero-order chi connectivity index (χ0) is 19.4. The Bertz CT molecular complexity index is 743. The highest BCUT2D eigenvalue weighted by molar-refractivity contribution is 5.97. The highest BCUT2D eigenvalue weighted by atomic mass is 19.4. The number of amides is 2. The van der Waals surface area contributed by atoms with E-state index in [4.69, 9.17) is 0 Å². The van der Waals surface area contributed by atoms with E-state index in [0.29, 0.717) is 13.1 Å². The van der Waals surface area contributed by atoms with E-state index in [-0.39, 0.29) is 18.0 Å². The van der Waals surface area contributed by atoms with Gasteiger partial charge in [0.1, 0.15) is 0 Å². The average molecular weight is 380 g/mol. The van der Waals surface area contributed by atoms with Crippen LogP contribution in [0.3, 0.4) is 0 Å². The van der Waals surface area contributed by atoms with Crippen molar-refractivity contribution in [3.63, 3.8) is 0 Å². The molecule has 1 aliphatic carbocycles. The van der Waals surface area contributed by atoms with E-state index in [2.05, 4.69) is 11.4 Å². The molecule has 0 radical (unpaired) electrons. The lowest BCUT2D eigenvalue weighted by Gasteiger charge is -2.19. The average Bonchev–Trinajstić information content (AvgIpc) is 3.01. The number of nitrogens with one attached hydrogen (secondary N) is 1. The van der Waals surface area contributed by atoms with Crippen molar-refractivity contribution >= 4 is 17.5 Å². The fourth-order valence-electron chi connectivity index (χ4n) is 3.59. The molecular formula is C20H23F3N2O2. The molecule has 2 aliphatic rings. The summed E-state index contributed by atoms with van der Waals surface area (Å²) >= 11 is 0. The third-order valence-electron chi connectivity index (χ3n) is 5.13. The molecule has 7 heteroatoms. The number of alkyl halides is 3. The summed E-state index contributed by atoms with van der Waals surface area (Å²) in [6, 6.07) is 4.53. The van der Waals surface area contributed by atoms with E-state index in [1.54, 1.807) is 4.90 Å². The SMILES string of the molecule is O=C(Nc1cccc(C(F)(F)F)c1)C1CC(=O)N(CCC2=CCCCC2)C1. The van der Waals surface area contributed by atoms with Gasteiger partial charge in [-0.25, -0.2) is 0 Å². The molecule has 1 N–H and O–H groups in total. The number of carbonyl (C=O) groups is 2. The predicted octanol–water partition coefficient (Wildman–Crippen LogP) is 4.38. The van der Waals surface area contributed by atoms with Crippen LogP contribution in [0.15, 0.2) is 35.9 Å². The van der Waals surface area contributed by atoms with Crippen LogP contribution in [-0.4, -0.2) is 29.8 Å². The highest BCUT2D eigenvalue weighted by Gasteiger charge is 2.35. The van der Waals surface area contributed by atoms with Gasteiger partial charge in [0.15, 0.2) is 0 Å². The lowest BCUT2D eigenvalue weighted by atomic mass is 9.97. The van der Waals surface area contributed by atoms with Gasteiger partial charge < -0.3 is 10.2 Å². The normalized spacial score (nSPS) is 20.6. The molecule has 1 aromatic carbocycles. The monoisotopic (exact) mass is 380 g/mol. The molecule has 0 bridgehead atoms. The number of rotatable bonds is 5. The van der Waals surface area contributed by atoms with Crippen molar-refractivity contribution in [2.75, 3.05) is 18.4 Å². The summed E-state index contributed by atoms with van der Waals surface area (Å²) in [5, 5.41) is 2.51. The molecule has 0 spiro atoms. The Kier molecular flexibility index (Phi) is 5.87. The number of carbonyl (C=O) groups excluding carboxylic acids is 2. The molecule has 2 amide bonds. The molecule has 3 rings (SSSR count). The van der Waals surface area contributed by atoms with Crippen molar-refractivity contribution in [3.8, 4) is 0 Å². The molecule has 146 valence electrons. The lowest BCUT2D eigenvalue weighted by molar-refractivity contribution is -0.137. The first-order valence-corrected chi connectivity index (χ1v) is 9.27. The molecule has 1 atom stereocenters. The van der Waals surface area contributed by atoms with Crippen molar-refractivity contribution in [2.24, 2.45) is 5.92 Å². The summed E-state index contributed by atoms with van der Waals surface area (Å²) in [4.78, 5) is 26.3.